The summed E-state index contributed by atoms with van der Waals surface area (Å²) in [4.78, 5) is 26.2. The molecule has 0 unspecified atom stereocenters. The standard InChI is InChI=1S/C21H16FNO3/c22-17-6-8-18(9-7-17)23-13-16(12-20(23)24)21(25)26-19-10-5-14-3-1-2-4-15(14)11-19/h1-11,16H,12-13H2/t16-/m1/s1. The van der Waals surface area contributed by atoms with Gasteiger partial charge in [0.1, 0.15) is 11.6 Å². The van der Waals surface area contributed by atoms with Crippen molar-refractivity contribution in [2.24, 2.45) is 5.92 Å². The monoisotopic (exact) mass is 349 g/mol. The van der Waals surface area contributed by atoms with Gasteiger partial charge in [0.2, 0.25) is 5.91 Å². The SMILES string of the molecule is O=C(Oc1ccc2ccccc2c1)[C@@H]1CC(=O)N(c2ccc(F)cc2)C1. The molecule has 1 aliphatic heterocycles. The largest absolute Gasteiger partial charge is 0.426 e. The Morgan fingerprint density at radius 1 is 1.00 bits per heavy atom. The molecule has 1 fully saturated rings. The zero-order valence-electron chi connectivity index (χ0n) is 13.9. The molecule has 1 amide bonds. The van der Waals surface area contributed by atoms with Crippen LogP contribution in [0.15, 0.2) is 66.7 Å². The molecule has 0 aliphatic carbocycles. The van der Waals surface area contributed by atoms with E-state index in [0.717, 1.165) is 10.8 Å². The zero-order chi connectivity index (χ0) is 18.1. The lowest BCUT2D eigenvalue weighted by atomic mass is 10.1. The summed E-state index contributed by atoms with van der Waals surface area (Å²) in [5.74, 6) is -1.05. The summed E-state index contributed by atoms with van der Waals surface area (Å²) < 4.78 is 18.5. The summed E-state index contributed by atoms with van der Waals surface area (Å²) in [5.41, 5.74) is 0.581. The van der Waals surface area contributed by atoms with Crippen molar-refractivity contribution in [3.05, 3.63) is 72.5 Å². The molecule has 0 spiro atoms. The molecule has 3 aromatic carbocycles. The number of amides is 1. The maximum absolute atomic E-state index is 13.1. The van der Waals surface area contributed by atoms with E-state index in [9.17, 15) is 14.0 Å². The van der Waals surface area contributed by atoms with Gasteiger partial charge in [-0.15, -0.1) is 0 Å². The lowest BCUT2D eigenvalue weighted by molar-refractivity contribution is -0.139. The van der Waals surface area contributed by atoms with E-state index in [4.69, 9.17) is 4.74 Å². The van der Waals surface area contributed by atoms with Gasteiger partial charge in [0.05, 0.1) is 5.92 Å². The van der Waals surface area contributed by atoms with Gasteiger partial charge in [-0.1, -0.05) is 30.3 Å². The van der Waals surface area contributed by atoms with Gasteiger partial charge in [-0.25, -0.2) is 4.39 Å². The highest BCUT2D eigenvalue weighted by molar-refractivity contribution is 5.99. The Bertz CT molecular complexity index is 984. The number of esters is 1. The second kappa shape index (κ2) is 6.59. The minimum absolute atomic E-state index is 0.0871. The van der Waals surface area contributed by atoms with Gasteiger partial charge in [-0.3, -0.25) is 9.59 Å². The van der Waals surface area contributed by atoms with Crippen LogP contribution in [0.5, 0.6) is 5.75 Å². The van der Waals surface area contributed by atoms with Crippen LogP contribution in [0.4, 0.5) is 10.1 Å². The van der Waals surface area contributed by atoms with Crippen molar-refractivity contribution in [3.8, 4) is 5.75 Å². The van der Waals surface area contributed by atoms with Gasteiger partial charge in [0.15, 0.2) is 0 Å². The molecule has 4 nitrogen and oxygen atoms in total. The number of ether oxygens (including phenoxy) is 1. The average Bonchev–Trinajstić information content (AvgIpc) is 3.04. The normalized spacial score (nSPS) is 16.9. The van der Waals surface area contributed by atoms with E-state index < -0.39 is 11.9 Å². The van der Waals surface area contributed by atoms with Crippen LogP contribution in [0.25, 0.3) is 10.8 Å². The third-order valence-electron chi connectivity index (χ3n) is 4.54. The minimum atomic E-state index is -0.543. The van der Waals surface area contributed by atoms with Gasteiger partial charge in [-0.2, -0.15) is 0 Å². The van der Waals surface area contributed by atoms with E-state index in [-0.39, 0.29) is 24.7 Å². The topological polar surface area (TPSA) is 46.6 Å². The van der Waals surface area contributed by atoms with Crippen LogP contribution in [0.3, 0.4) is 0 Å². The van der Waals surface area contributed by atoms with Gasteiger partial charge in [-0.05, 0) is 47.2 Å². The molecule has 1 saturated heterocycles. The Kier molecular flexibility index (Phi) is 4.13. The molecule has 0 aromatic heterocycles. The highest BCUT2D eigenvalue weighted by atomic mass is 19.1. The first-order valence-corrected chi connectivity index (χ1v) is 8.36. The summed E-state index contributed by atoms with van der Waals surface area (Å²) in [6.07, 6.45) is 0.0871. The Labute approximate surface area is 149 Å². The molecule has 1 aliphatic rings. The number of hydrogen-bond acceptors (Lipinski definition) is 3. The van der Waals surface area contributed by atoms with E-state index in [1.807, 2.05) is 36.4 Å². The molecule has 0 radical (unpaired) electrons. The first-order chi connectivity index (χ1) is 12.6. The summed E-state index contributed by atoms with van der Waals surface area (Å²) >= 11 is 0. The number of halogens is 1. The predicted molar refractivity (Wildman–Crippen MR) is 96.4 cm³/mol. The van der Waals surface area contributed by atoms with E-state index >= 15 is 0 Å². The van der Waals surface area contributed by atoms with Crippen molar-refractivity contribution in [2.75, 3.05) is 11.4 Å². The maximum Gasteiger partial charge on any atom is 0.316 e. The first-order valence-electron chi connectivity index (χ1n) is 8.36. The molecule has 4 rings (SSSR count). The van der Waals surface area contributed by atoms with Crippen LogP contribution in [0.1, 0.15) is 6.42 Å². The molecule has 0 saturated carbocycles. The van der Waals surface area contributed by atoms with Crippen molar-refractivity contribution < 1.29 is 18.7 Å². The summed E-state index contributed by atoms with van der Waals surface area (Å²) in [6.45, 7) is 0.233. The van der Waals surface area contributed by atoms with Crippen LogP contribution in [-0.2, 0) is 9.59 Å². The van der Waals surface area contributed by atoms with Crippen LogP contribution in [0, 0.1) is 11.7 Å². The lowest BCUT2D eigenvalue weighted by Gasteiger charge is -2.16. The number of carbonyl (C=O) groups excluding carboxylic acids is 2. The summed E-state index contributed by atoms with van der Waals surface area (Å²) in [7, 11) is 0. The highest BCUT2D eigenvalue weighted by Crippen LogP contribution is 2.27. The van der Waals surface area contributed by atoms with Crippen molar-refractivity contribution >= 4 is 28.3 Å². The smallest absolute Gasteiger partial charge is 0.316 e. The van der Waals surface area contributed by atoms with Crippen LogP contribution < -0.4 is 9.64 Å². The number of hydrogen-bond donors (Lipinski definition) is 0. The Morgan fingerprint density at radius 3 is 2.50 bits per heavy atom. The van der Waals surface area contributed by atoms with Crippen molar-refractivity contribution in [3.63, 3.8) is 0 Å². The van der Waals surface area contributed by atoms with E-state index in [1.165, 1.54) is 29.2 Å². The van der Waals surface area contributed by atoms with Crippen LogP contribution >= 0.6 is 0 Å². The third kappa shape index (κ3) is 3.16. The number of rotatable bonds is 3. The third-order valence-corrected chi connectivity index (χ3v) is 4.54. The lowest BCUT2D eigenvalue weighted by Crippen LogP contribution is -2.27. The number of fused-ring (bicyclic) bond motifs is 1. The highest BCUT2D eigenvalue weighted by Gasteiger charge is 2.36. The minimum Gasteiger partial charge on any atom is -0.426 e. The molecule has 1 atom stereocenters. The Morgan fingerprint density at radius 2 is 1.73 bits per heavy atom. The molecule has 1 heterocycles. The van der Waals surface area contributed by atoms with E-state index in [2.05, 4.69) is 0 Å². The quantitative estimate of drug-likeness (QED) is 0.532. The summed E-state index contributed by atoms with van der Waals surface area (Å²) in [5, 5.41) is 2.04. The molecule has 0 bridgehead atoms. The Hall–Kier alpha value is -3.21. The van der Waals surface area contributed by atoms with E-state index in [0.29, 0.717) is 11.4 Å². The fourth-order valence-electron chi connectivity index (χ4n) is 3.17. The van der Waals surface area contributed by atoms with Gasteiger partial charge in [0.25, 0.3) is 0 Å². The molecular formula is C21H16FNO3. The summed E-state index contributed by atoms with van der Waals surface area (Å²) in [6, 6.07) is 18.9. The number of carbonyl (C=O) groups is 2. The van der Waals surface area contributed by atoms with Crippen LogP contribution in [0.2, 0.25) is 0 Å². The number of anilines is 1. The van der Waals surface area contributed by atoms with Crippen molar-refractivity contribution in [2.45, 2.75) is 6.42 Å². The van der Waals surface area contributed by atoms with E-state index in [1.54, 1.807) is 6.07 Å². The number of nitrogens with zero attached hydrogens (tertiary/aromatic N) is 1. The average molecular weight is 349 g/mol. The first kappa shape index (κ1) is 16.3. The maximum atomic E-state index is 13.1. The molecule has 0 N–H and O–H groups in total. The molecule has 3 aromatic rings. The van der Waals surface area contributed by atoms with Crippen LogP contribution in [-0.4, -0.2) is 18.4 Å². The van der Waals surface area contributed by atoms with Gasteiger partial charge in [0, 0.05) is 18.7 Å². The van der Waals surface area contributed by atoms with Crippen molar-refractivity contribution in [1.82, 2.24) is 0 Å². The predicted octanol–water partition coefficient (Wildman–Crippen LogP) is 3.94. The van der Waals surface area contributed by atoms with Gasteiger partial charge < -0.3 is 9.64 Å². The zero-order valence-corrected chi connectivity index (χ0v) is 13.9. The Balaban J connectivity index is 1.48. The van der Waals surface area contributed by atoms with Crippen molar-refractivity contribution in [1.29, 1.82) is 0 Å². The molecular weight excluding hydrogens is 333 g/mol. The second-order valence-electron chi connectivity index (χ2n) is 6.31. The van der Waals surface area contributed by atoms with Gasteiger partial charge >= 0.3 is 5.97 Å². The fraction of sp³-hybridized carbons (Fsp3) is 0.143. The molecule has 26 heavy (non-hydrogen) atoms. The second-order valence-corrected chi connectivity index (χ2v) is 6.31. The molecule has 130 valence electrons. The number of benzene rings is 3. The molecule has 5 heteroatoms. The fourth-order valence-corrected chi connectivity index (χ4v) is 3.17.